The summed E-state index contributed by atoms with van der Waals surface area (Å²) >= 11 is 0. The quantitative estimate of drug-likeness (QED) is 0.621. The predicted molar refractivity (Wildman–Crippen MR) is 58.3 cm³/mol. The van der Waals surface area contributed by atoms with E-state index in [2.05, 4.69) is 23.3 Å². The van der Waals surface area contributed by atoms with E-state index in [1.807, 2.05) is 47.5 Å². The van der Waals surface area contributed by atoms with Gasteiger partial charge in [0, 0.05) is 12.1 Å². The monoisotopic (exact) mass is 191 g/mol. The van der Waals surface area contributed by atoms with Crippen molar-refractivity contribution in [3.63, 3.8) is 0 Å². The maximum atomic E-state index is 4.46. The van der Waals surface area contributed by atoms with Crippen LogP contribution in [-0.4, -0.2) is 10.7 Å². The van der Waals surface area contributed by atoms with Gasteiger partial charge in [-0.1, -0.05) is 12.1 Å². The minimum absolute atomic E-state index is 0.839. The van der Waals surface area contributed by atoms with Crippen LogP contribution < -0.4 is 0 Å². The fourth-order valence-corrected chi connectivity index (χ4v) is 1.50. The van der Waals surface area contributed by atoms with Crippen molar-refractivity contribution in [1.82, 2.24) is 4.90 Å². The third-order valence-electron chi connectivity index (χ3n) is 2.22. The average Bonchev–Trinajstić information content (AvgIpc) is 2.74. The second-order valence-electron chi connectivity index (χ2n) is 3.22. The maximum absolute atomic E-state index is 4.46. The van der Waals surface area contributed by atoms with Gasteiger partial charge in [-0.2, -0.15) is 0 Å². The summed E-state index contributed by atoms with van der Waals surface area (Å²) in [5, 5.41) is 0. The zero-order valence-corrected chi connectivity index (χ0v) is 7.94. The van der Waals surface area contributed by atoms with E-state index in [4.69, 9.17) is 0 Å². The van der Waals surface area contributed by atoms with Crippen LogP contribution >= 0.6 is 0 Å². The summed E-state index contributed by atoms with van der Waals surface area (Å²) in [6.07, 6.45) is 11.0. The highest BCUT2D eigenvalue weighted by Crippen LogP contribution is 2.22. The van der Waals surface area contributed by atoms with Gasteiger partial charge in [0.05, 0.1) is 11.8 Å². The number of rotatable bonds is 1. The molecule has 0 aliphatic carbocycles. The van der Waals surface area contributed by atoms with Gasteiger partial charge in [0.15, 0.2) is 0 Å². The highest BCUT2D eigenvalue weighted by atomic mass is 15.2. The largest absolute Gasteiger partial charge is 0.236 e. The maximum Gasteiger partial charge on any atom is 0.236 e. The number of amidine groups is 1. The highest BCUT2D eigenvalue weighted by Gasteiger charge is 2.25. The SMILES string of the molecule is c1ccc(C2=[C+]N3C=CC=CC3=N2)cc#1. The Labute approximate surface area is 88.6 Å². The summed E-state index contributed by atoms with van der Waals surface area (Å²) in [6.45, 7) is 0. The van der Waals surface area contributed by atoms with Gasteiger partial charge in [-0.25, -0.2) is 0 Å². The molecule has 0 atom stereocenters. The van der Waals surface area contributed by atoms with Crippen molar-refractivity contribution in [3.8, 4) is 0 Å². The Morgan fingerprint density at radius 1 is 1.27 bits per heavy atom. The van der Waals surface area contributed by atoms with Gasteiger partial charge in [-0.15, -0.1) is 9.89 Å². The molecule has 2 heteroatoms. The molecule has 2 aliphatic heterocycles. The molecule has 0 unspecified atom stereocenters. The Balaban J connectivity index is 2.01. The molecule has 3 rings (SSSR count). The van der Waals surface area contributed by atoms with Crippen LogP contribution in [0.2, 0.25) is 0 Å². The van der Waals surface area contributed by atoms with Crippen LogP contribution in [0.25, 0.3) is 5.70 Å². The van der Waals surface area contributed by atoms with Gasteiger partial charge in [0.2, 0.25) is 11.5 Å². The summed E-state index contributed by atoms with van der Waals surface area (Å²) < 4.78 is 0. The fourth-order valence-electron chi connectivity index (χ4n) is 1.50. The average molecular weight is 191 g/mol. The van der Waals surface area contributed by atoms with Crippen LogP contribution in [0, 0.1) is 18.3 Å². The minimum Gasteiger partial charge on any atom is -0.147 e. The highest BCUT2D eigenvalue weighted by molar-refractivity contribution is 6.01. The van der Waals surface area contributed by atoms with E-state index >= 15 is 0 Å². The Kier molecular flexibility index (Phi) is 1.65. The van der Waals surface area contributed by atoms with Crippen molar-refractivity contribution in [2.75, 3.05) is 0 Å². The predicted octanol–water partition coefficient (Wildman–Crippen LogP) is 2.19. The second kappa shape index (κ2) is 3.09. The van der Waals surface area contributed by atoms with Crippen LogP contribution in [0.15, 0.2) is 47.6 Å². The number of hydrogen-bond donors (Lipinski definition) is 0. The molecular weight excluding hydrogens is 184 g/mol. The zero-order chi connectivity index (χ0) is 10.1. The van der Waals surface area contributed by atoms with Crippen molar-refractivity contribution in [2.45, 2.75) is 0 Å². The molecule has 0 bridgehead atoms. The van der Waals surface area contributed by atoms with E-state index in [1.54, 1.807) is 0 Å². The van der Waals surface area contributed by atoms with E-state index in [0.717, 1.165) is 17.1 Å². The summed E-state index contributed by atoms with van der Waals surface area (Å²) in [6, 6.07) is 11.4. The lowest BCUT2D eigenvalue weighted by Gasteiger charge is -2.00. The second-order valence-corrected chi connectivity index (χ2v) is 3.22. The topological polar surface area (TPSA) is 15.6 Å². The first-order valence-electron chi connectivity index (χ1n) is 4.68. The molecule has 0 amide bonds. The number of fused-ring (bicyclic) bond motifs is 1. The van der Waals surface area contributed by atoms with Gasteiger partial charge >= 0.3 is 0 Å². The first kappa shape index (κ1) is 7.99. The van der Waals surface area contributed by atoms with E-state index in [9.17, 15) is 0 Å². The first-order chi connectivity index (χ1) is 7.43. The van der Waals surface area contributed by atoms with Gasteiger partial charge in [-0.3, -0.25) is 0 Å². The normalized spacial score (nSPS) is 16.4. The van der Waals surface area contributed by atoms with E-state index in [0.29, 0.717) is 0 Å². The van der Waals surface area contributed by atoms with Gasteiger partial charge in [0.25, 0.3) is 0 Å². The van der Waals surface area contributed by atoms with Crippen molar-refractivity contribution in [1.29, 1.82) is 0 Å². The summed E-state index contributed by atoms with van der Waals surface area (Å²) in [7, 11) is 0. The molecule has 2 aliphatic rings. The number of aliphatic imine (C=N–C) groups is 1. The standard InChI is InChI=1S/C13H7N2/c1-2-6-11(7-3-1)12-10-15-9-5-4-8-13(15)14-12/h2,4-9H/q+1. The van der Waals surface area contributed by atoms with Crippen LogP contribution in [0.4, 0.5) is 0 Å². The summed E-state index contributed by atoms with van der Waals surface area (Å²) in [5.41, 5.74) is 1.85. The minimum atomic E-state index is 0.839. The molecule has 68 valence electrons. The lowest BCUT2D eigenvalue weighted by Crippen LogP contribution is -2.16. The van der Waals surface area contributed by atoms with Crippen LogP contribution in [0.1, 0.15) is 5.56 Å². The van der Waals surface area contributed by atoms with E-state index < -0.39 is 0 Å². The molecule has 15 heavy (non-hydrogen) atoms. The van der Waals surface area contributed by atoms with Crippen molar-refractivity contribution in [3.05, 3.63) is 66.5 Å². The first-order valence-corrected chi connectivity index (χ1v) is 4.68. The van der Waals surface area contributed by atoms with Gasteiger partial charge in [-0.05, 0) is 24.3 Å². The molecule has 0 spiro atoms. The van der Waals surface area contributed by atoms with E-state index in [1.165, 1.54) is 0 Å². The molecule has 0 saturated carbocycles. The summed E-state index contributed by atoms with van der Waals surface area (Å²) in [5.74, 6) is 0.903. The Bertz CT molecular complexity index is 493. The van der Waals surface area contributed by atoms with Gasteiger partial charge in [0.1, 0.15) is 6.20 Å². The molecule has 2 nitrogen and oxygen atoms in total. The van der Waals surface area contributed by atoms with Crippen molar-refractivity contribution >= 4 is 11.5 Å². The number of hydrogen-bond acceptors (Lipinski definition) is 2. The lowest BCUT2D eigenvalue weighted by molar-refractivity contribution is 0.749. The number of nitrogens with zero attached hydrogens (tertiary/aromatic N) is 2. The molecule has 1 aromatic rings. The molecule has 0 saturated heterocycles. The molecule has 0 fully saturated rings. The lowest BCUT2D eigenvalue weighted by atomic mass is 10.2. The Hall–Kier alpha value is -2.36. The van der Waals surface area contributed by atoms with Crippen molar-refractivity contribution in [2.24, 2.45) is 4.99 Å². The zero-order valence-electron chi connectivity index (χ0n) is 7.94. The smallest absolute Gasteiger partial charge is 0.147 e. The summed E-state index contributed by atoms with van der Waals surface area (Å²) in [4.78, 5) is 6.34. The van der Waals surface area contributed by atoms with Gasteiger partial charge < -0.3 is 0 Å². The Morgan fingerprint density at radius 3 is 3.07 bits per heavy atom. The van der Waals surface area contributed by atoms with Crippen LogP contribution in [0.5, 0.6) is 0 Å². The molecular formula is C13H7N2+. The van der Waals surface area contributed by atoms with E-state index in [-0.39, 0.29) is 0 Å². The molecule has 1 aromatic carbocycles. The fraction of sp³-hybridized carbons (Fsp3) is 0. The number of allylic oxidation sites excluding steroid dienone is 2. The molecule has 2 heterocycles. The molecule has 0 N–H and O–H groups in total. The third kappa shape index (κ3) is 1.32. The third-order valence-corrected chi connectivity index (χ3v) is 2.22. The Morgan fingerprint density at radius 2 is 2.27 bits per heavy atom. The molecule has 0 radical (unpaired) electrons. The van der Waals surface area contributed by atoms with Crippen LogP contribution in [0.3, 0.4) is 0 Å². The van der Waals surface area contributed by atoms with Crippen molar-refractivity contribution < 1.29 is 0 Å². The molecule has 0 aromatic heterocycles. The van der Waals surface area contributed by atoms with Crippen LogP contribution in [-0.2, 0) is 0 Å².